The summed E-state index contributed by atoms with van der Waals surface area (Å²) in [5.74, 6) is 4.21. The Balaban J connectivity index is 1.65. The molecule has 1 aromatic heterocycles. The number of imidazole rings is 1. The molecule has 21 heavy (non-hydrogen) atoms. The van der Waals surface area contributed by atoms with E-state index in [0.717, 1.165) is 36.0 Å². The van der Waals surface area contributed by atoms with Crippen molar-refractivity contribution in [3.8, 4) is 0 Å². The first-order chi connectivity index (χ1) is 10.3. The van der Waals surface area contributed by atoms with Gasteiger partial charge in [-0.2, -0.15) is 11.8 Å². The molecule has 1 unspecified atom stereocenters. The fraction of sp³-hybridized carbons (Fsp3) is 0.714. The molecule has 0 spiro atoms. The minimum atomic E-state index is -0.120. The molecule has 1 N–H and O–H groups in total. The third-order valence-corrected chi connectivity index (χ3v) is 6.62. The average Bonchev–Trinajstić information content (AvgIpc) is 3.16. The van der Waals surface area contributed by atoms with Crippen LogP contribution in [0.25, 0.3) is 0 Å². The lowest BCUT2D eigenvalue weighted by molar-refractivity contribution is -0.121. The first kappa shape index (κ1) is 15.2. The quantitative estimate of drug-likeness (QED) is 0.912. The molecular formula is C14H21N3O2S2. The molecule has 0 aromatic carbocycles. The number of ether oxygens (including phenoxy) is 1. The second kappa shape index (κ2) is 7.07. The van der Waals surface area contributed by atoms with Gasteiger partial charge >= 0.3 is 0 Å². The summed E-state index contributed by atoms with van der Waals surface area (Å²) in [7, 11) is 0. The lowest BCUT2D eigenvalue weighted by Gasteiger charge is -2.25. The Morgan fingerprint density at radius 3 is 3.24 bits per heavy atom. The van der Waals surface area contributed by atoms with Crippen LogP contribution in [0.5, 0.6) is 0 Å². The Bertz CT molecular complexity index is 488. The summed E-state index contributed by atoms with van der Waals surface area (Å²) in [6, 6.07) is 0.0396. The van der Waals surface area contributed by atoms with Crippen molar-refractivity contribution in [3.63, 3.8) is 0 Å². The molecule has 2 aliphatic heterocycles. The van der Waals surface area contributed by atoms with Gasteiger partial charge in [0, 0.05) is 42.8 Å². The summed E-state index contributed by atoms with van der Waals surface area (Å²) in [6.07, 6.45) is 4.50. The van der Waals surface area contributed by atoms with Gasteiger partial charge in [0.25, 0.3) is 0 Å². The van der Waals surface area contributed by atoms with Crippen LogP contribution in [0.2, 0.25) is 0 Å². The first-order valence-corrected chi connectivity index (χ1v) is 9.62. The van der Waals surface area contributed by atoms with Gasteiger partial charge < -0.3 is 14.6 Å². The average molecular weight is 327 g/mol. The largest absolute Gasteiger partial charge is 0.368 e. The van der Waals surface area contributed by atoms with Crippen molar-refractivity contribution in [1.29, 1.82) is 0 Å². The van der Waals surface area contributed by atoms with Gasteiger partial charge in [-0.3, -0.25) is 4.79 Å². The van der Waals surface area contributed by atoms with Crippen LogP contribution in [-0.2, 0) is 16.1 Å². The molecular weight excluding hydrogens is 306 g/mol. The van der Waals surface area contributed by atoms with E-state index in [2.05, 4.69) is 21.8 Å². The van der Waals surface area contributed by atoms with Crippen molar-refractivity contribution in [1.82, 2.24) is 14.9 Å². The van der Waals surface area contributed by atoms with E-state index < -0.39 is 0 Å². The topological polar surface area (TPSA) is 56.1 Å². The number of aryl methyl sites for hydroxylation is 1. The van der Waals surface area contributed by atoms with Crippen LogP contribution in [0.4, 0.5) is 0 Å². The highest BCUT2D eigenvalue weighted by Gasteiger charge is 2.35. The van der Waals surface area contributed by atoms with Crippen molar-refractivity contribution in [2.45, 2.75) is 37.3 Å². The van der Waals surface area contributed by atoms with E-state index in [0.29, 0.717) is 6.61 Å². The maximum absolute atomic E-state index is 12.4. The minimum Gasteiger partial charge on any atom is -0.368 e. The van der Waals surface area contributed by atoms with Crippen LogP contribution >= 0.6 is 23.5 Å². The number of carbonyl (C=O) groups is 1. The fourth-order valence-electron chi connectivity index (χ4n) is 2.75. The zero-order valence-corrected chi connectivity index (χ0v) is 13.8. The molecule has 0 radical (unpaired) electrons. The van der Waals surface area contributed by atoms with E-state index in [-0.39, 0.29) is 23.3 Å². The highest BCUT2D eigenvalue weighted by Crippen LogP contribution is 2.29. The Morgan fingerprint density at radius 2 is 2.48 bits per heavy atom. The van der Waals surface area contributed by atoms with Crippen LogP contribution in [0.3, 0.4) is 0 Å². The predicted molar refractivity (Wildman–Crippen MR) is 86.7 cm³/mol. The summed E-state index contributed by atoms with van der Waals surface area (Å²) in [6.45, 7) is 3.63. The van der Waals surface area contributed by atoms with E-state index in [9.17, 15) is 4.79 Å². The molecule has 2 aliphatic rings. The van der Waals surface area contributed by atoms with Gasteiger partial charge in [-0.05, 0) is 13.3 Å². The lowest BCUT2D eigenvalue weighted by atomic mass is 10.1. The molecule has 1 amide bonds. The molecule has 0 saturated carbocycles. The van der Waals surface area contributed by atoms with E-state index in [4.69, 9.17) is 4.74 Å². The molecule has 0 aliphatic carbocycles. The number of carbonyl (C=O) groups excluding carboxylic acids is 1. The van der Waals surface area contributed by atoms with Crippen molar-refractivity contribution in [2.75, 3.05) is 23.9 Å². The number of nitrogens with one attached hydrogen (secondary N) is 1. The number of aromatic nitrogens is 2. The van der Waals surface area contributed by atoms with Gasteiger partial charge in [-0.1, -0.05) is 0 Å². The third-order valence-electron chi connectivity index (χ3n) is 3.87. The second-order valence-corrected chi connectivity index (χ2v) is 7.66. The Hall–Kier alpha value is -0.660. The Labute approximate surface area is 133 Å². The molecule has 3 rings (SSSR count). The van der Waals surface area contributed by atoms with Crippen LogP contribution in [-0.4, -0.2) is 50.6 Å². The summed E-state index contributed by atoms with van der Waals surface area (Å²) in [4.78, 5) is 16.8. The number of nitrogens with zero attached hydrogens (tertiary/aromatic N) is 2. The normalized spacial score (nSPS) is 29.5. The molecule has 3 heterocycles. The van der Waals surface area contributed by atoms with Gasteiger partial charge in [-0.25, -0.2) is 4.98 Å². The fourth-order valence-corrected chi connectivity index (χ4v) is 5.32. The SMILES string of the molecule is CCn1ccnc1[C@H]1OCC[C@@H]1NC(=O)C1CSCCS1. The summed E-state index contributed by atoms with van der Waals surface area (Å²) in [5.41, 5.74) is 0. The van der Waals surface area contributed by atoms with Gasteiger partial charge in [0.1, 0.15) is 11.9 Å². The highest BCUT2D eigenvalue weighted by molar-refractivity contribution is 8.07. The second-order valence-electron chi connectivity index (χ2n) is 5.20. The zero-order chi connectivity index (χ0) is 14.7. The van der Waals surface area contributed by atoms with Crippen molar-refractivity contribution in [2.24, 2.45) is 0 Å². The number of rotatable bonds is 4. The van der Waals surface area contributed by atoms with Crippen LogP contribution in [0.1, 0.15) is 25.3 Å². The molecule has 7 heteroatoms. The first-order valence-electron chi connectivity index (χ1n) is 7.42. The molecule has 0 bridgehead atoms. The molecule has 2 fully saturated rings. The van der Waals surface area contributed by atoms with Crippen LogP contribution in [0, 0.1) is 0 Å². The van der Waals surface area contributed by atoms with E-state index in [1.165, 1.54) is 0 Å². The van der Waals surface area contributed by atoms with Gasteiger partial charge in [0.15, 0.2) is 0 Å². The predicted octanol–water partition coefficient (Wildman–Crippen LogP) is 1.70. The van der Waals surface area contributed by atoms with E-state index in [1.807, 2.05) is 18.0 Å². The summed E-state index contributed by atoms with van der Waals surface area (Å²) in [5, 5.41) is 3.27. The van der Waals surface area contributed by atoms with Crippen molar-refractivity contribution >= 4 is 29.4 Å². The maximum Gasteiger partial charge on any atom is 0.234 e. The Kier molecular flexibility index (Phi) is 5.13. The third kappa shape index (κ3) is 3.40. The van der Waals surface area contributed by atoms with E-state index in [1.54, 1.807) is 18.0 Å². The van der Waals surface area contributed by atoms with Crippen LogP contribution in [0.15, 0.2) is 12.4 Å². The van der Waals surface area contributed by atoms with E-state index >= 15 is 0 Å². The number of amides is 1. The molecule has 116 valence electrons. The van der Waals surface area contributed by atoms with Gasteiger partial charge in [-0.15, -0.1) is 11.8 Å². The lowest BCUT2D eigenvalue weighted by Crippen LogP contribution is -2.43. The minimum absolute atomic E-state index is 0.0396. The molecule has 1 aromatic rings. The summed E-state index contributed by atoms with van der Waals surface area (Å²) < 4.78 is 7.91. The zero-order valence-electron chi connectivity index (χ0n) is 12.2. The molecule has 2 saturated heterocycles. The number of thioether (sulfide) groups is 2. The molecule has 5 nitrogen and oxygen atoms in total. The van der Waals surface area contributed by atoms with Crippen LogP contribution < -0.4 is 5.32 Å². The maximum atomic E-state index is 12.4. The van der Waals surface area contributed by atoms with Crippen molar-refractivity contribution < 1.29 is 9.53 Å². The smallest absolute Gasteiger partial charge is 0.234 e. The number of hydrogen-bond donors (Lipinski definition) is 1. The summed E-state index contributed by atoms with van der Waals surface area (Å²) >= 11 is 3.63. The van der Waals surface area contributed by atoms with Gasteiger partial charge in [0.05, 0.1) is 11.3 Å². The molecule has 3 atom stereocenters. The highest BCUT2D eigenvalue weighted by atomic mass is 32.2. The van der Waals surface area contributed by atoms with Gasteiger partial charge in [0.2, 0.25) is 5.91 Å². The van der Waals surface area contributed by atoms with Crippen molar-refractivity contribution in [3.05, 3.63) is 18.2 Å². The standard InChI is InChI=1S/C14H21N3O2S2/c1-2-17-5-4-15-13(17)12-10(3-6-19-12)16-14(18)11-9-20-7-8-21-11/h4-5,10-12H,2-3,6-9H2,1H3,(H,16,18)/t10-,11?,12-/m0/s1. The Morgan fingerprint density at radius 1 is 1.57 bits per heavy atom. The number of hydrogen-bond acceptors (Lipinski definition) is 5. The monoisotopic (exact) mass is 327 g/mol.